The summed E-state index contributed by atoms with van der Waals surface area (Å²) < 4.78 is 0. The molecule has 0 bridgehead atoms. The lowest BCUT2D eigenvalue weighted by Gasteiger charge is -2.32. The molecule has 0 radical (unpaired) electrons. The van der Waals surface area contributed by atoms with Crippen molar-refractivity contribution in [2.45, 2.75) is 37.6 Å². The Labute approximate surface area is 159 Å². The number of rotatable bonds is 4. The van der Waals surface area contributed by atoms with Crippen LogP contribution in [0.25, 0.3) is 0 Å². The number of hydrogen-bond acceptors (Lipinski definition) is 7. The van der Waals surface area contributed by atoms with E-state index in [1.54, 1.807) is 29.7 Å². The lowest BCUT2D eigenvalue weighted by molar-refractivity contribution is 0.0967. The number of hydrogen-bond donors (Lipinski definition) is 3. The van der Waals surface area contributed by atoms with Crippen molar-refractivity contribution in [3.63, 3.8) is 0 Å². The molecular weight excluding hydrogens is 368 g/mol. The summed E-state index contributed by atoms with van der Waals surface area (Å²) in [4.78, 5) is 15.5. The quantitative estimate of drug-likeness (QED) is 0.632. The Morgan fingerprint density at radius 2 is 2.23 bits per heavy atom. The first-order chi connectivity index (χ1) is 12.6. The second-order valence-corrected chi connectivity index (χ2v) is 8.74. The largest absolute Gasteiger partial charge is 0.354 e. The van der Waals surface area contributed by atoms with E-state index in [1.165, 1.54) is 15.3 Å². The van der Waals surface area contributed by atoms with Crippen molar-refractivity contribution in [3.05, 3.63) is 49.1 Å². The second-order valence-electron chi connectivity index (χ2n) is 6.61. The van der Waals surface area contributed by atoms with Gasteiger partial charge in [-0.25, -0.2) is 0 Å². The van der Waals surface area contributed by atoms with Crippen molar-refractivity contribution in [1.82, 2.24) is 25.9 Å². The number of aromatic amines is 1. The highest BCUT2D eigenvalue weighted by molar-refractivity contribution is 7.14. The number of amides is 1. The molecule has 7 nitrogen and oxygen atoms in total. The van der Waals surface area contributed by atoms with Gasteiger partial charge in [0.1, 0.15) is 0 Å². The molecule has 0 aliphatic heterocycles. The van der Waals surface area contributed by atoms with Crippen molar-refractivity contribution in [3.8, 4) is 0 Å². The van der Waals surface area contributed by atoms with Gasteiger partial charge in [0.2, 0.25) is 0 Å². The predicted octanol–water partition coefficient (Wildman–Crippen LogP) is 1.85. The van der Waals surface area contributed by atoms with Gasteiger partial charge in [-0.1, -0.05) is 5.21 Å². The highest BCUT2D eigenvalue weighted by atomic mass is 32.1. The van der Waals surface area contributed by atoms with E-state index in [9.17, 15) is 4.79 Å². The number of nitrogens with two attached hydrogens (primary N) is 1. The molecule has 136 valence electrons. The zero-order valence-corrected chi connectivity index (χ0v) is 16.2. The van der Waals surface area contributed by atoms with Gasteiger partial charge >= 0.3 is 0 Å². The molecule has 0 aromatic carbocycles. The van der Waals surface area contributed by atoms with E-state index in [2.05, 4.69) is 37.4 Å². The predicted molar refractivity (Wildman–Crippen MR) is 102 cm³/mol. The van der Waals surface area contributed by atoms with Crippen LogP contribution in [0.5, 0.6) is 0 Å². The summed E-state index contributed by atoms with van der Waals surface area (Å²) in [5.41, 5.74) is 7.95. The van der Waals surface area contributed by atoms with E-state index in [1.807, 2.05) is 13.0 Å². The maximum absolute atomic E-state index is 12.3. The molecule has 4 rings (SSSR count). The fourth-order valence-corrected chi connectivity index (χ4v) is 6.02. The van der Waals surface area contributed by atoms with Gasteiger partial charge in [0.15, 0.2) is 5.82 Å². The van der Waals surface area contributed by atoms with E-state index in [0.717, 1.165) is 18.4 Å². The smallest absolute Gasteiger partial charge is 0.261 e. The summed E-state index contributed by atoms with van der Waals surface area (Å²) in [6.45, 7) is 1.99. The summed E-state index contributed by atoms with van der Waals surface area (Å²) >= 11 is 3.30. The van der Waals surface area contributed by atoms with Crippen LogP contribution in [-0.4, -0.2) is 39.6 Å². The average Bonchev–Trinajstić information content (AvgIpc) is 3.36. The minimum Gasteiger partial charge on any atom is -0.354 e. The highest BCUT2D eigenvalue weighted by Gasteiger charge is 2.46. The van der Waals surface area contributed by atoms with Gasteiger partial charge in [-0.2, -0.15) is 5.21 Å². The Bertz CT molecular complexity index is 929. The summed E-state index contributed by atoms with van der Waals surface area (Å²) in [5.74, 6) is 0.537. The van der Waals surface area contributed by atoms with E-state index in [4.69, 9.17) is 5.73 Å². The van der Waals surface area contributed by atoms with Crippen molar-refractivity contribution in [2.24, 2.45) is 5.73 Å². The molecule has 4 N–H and O–H groups in total. The van der Waals surface area contributed by atoms with Gasteiger partial charge in [0, 0.05) is 22.8 Å². The molecule has 0 saturated heterocycles. The Morgan fingerprint density at radius 1 is 1.42 bits per heavy atom. The third-order valence-electron chi connectivity index (χ3n) is 4.86. The van der Waals surface area contributed by atoms with Crippen LogP contribution in [0.1, 0.15) is 49.7 Å². The van der Waals surface area contributed by atoms with Crippen molar-refractivity contribution in [1.29, 1.82) is 0 Å². The van der Waals surface area contributed by atoms with Crippen molar-refractivity contribution in [2.75, 3.05) is 7.05 Å². The normalized spacial score (nSPS) is 20.1. The van der Waals surface area contributed by atoms with Gasteiger partial charge in [-0.15, -0.1) is 32.9 Å². The molecule has 3 heterocycles. The first-order valence-corrected chi connectivity index (χ1v) is 10.2. The molecule has 1 aliphatic rings. The van der Waals surface area contributed by atoms with Crippen LogP contribution in [0, 0.1) is 0 Å². The maximum Gasteiger partial charge on any atom is 0.261 e. The molecule has 1 unspecified atom stereocenters. The van der Waals surface area contributed by atoms with Crippen molar-refractivity contribution >= 4 is 28.6 Å². The van der Waals surface area contributed by atoms with Gasteiger partial charge < -0.3 is 11.1 Å². The average molecular weight is 389 g/mol. The monoisotopic (exact) mass is 388 g/mol. The molecule has 0 spiro atoms. The third kappa shape index (κ3) is 2.58. The molecule has 0 fully saturated rings. The molecule has 3 aromatic rings. The standard InChI is InChI=1S/C17H20N6OS2/c1-9(18)8-17(16-20-22-23-21-16)10-5-6-25-12(10)3-4-13-11(17)7-14(26-13)15(24)19-2/h5-7,9H,3-4,8,18H2,1-2H3,(H,19,24)(H,20,21,22,23)/t9-,17?/m1/s1. The van der Waals surface area contributed by atoms with Gasteiger partial charge in [0.25, 0.3) is 5.91 Å². The van der Waals surface area contributed by atoms with Crippen molar-refractivity contribution < 1.29 is 4.79 Å². The highest BCUT2D eigenvalue weighted by Crippen LogP contribution is 2.49. The van der Waals surface area contributed by atoms with E-state index < -0.39 is 5.41 Å². The fraction of sp³-hybridized carbons (Fsp3) is 0.412. The van der Waals surface area contributed by atoms with Crippen LogP contribution in [0.3, 0.4) is 0 Å². The van der Waals surface area contributed by atoms with E-state index >= 15 is 0 Å². The molecule has 1 aliphatic carbocycles. The van der Waals surface area contributed by atoms with Gasteiger partial charge in [-0.3, -0.25) is 4.79 Å². The zero-order valence-electron chi connectivity index (χ0n) is 14.6. The molecular formula is C17H20N6OS2. The van der Waals surface area contributed by atoms with E-state index in [-0.39, 0.29) is 11.9 Å². The minimum absolute atomic E-state index is 0.0728. The number of fused-ring (bicyclic) bond motifs is 2. The molecule has 1 amide bonds. The Kier molecular flexibility index (Phi) is 4.37. The van der Waals surface area contributed by atoms with Crippen LogP contribution < -0.4 is 11.1 Å². The maximum atomic E-state index is 12.3. The number of aromatic nitrogens is 4. The summed E-state index contributed by atoms with van der Waals surface area (Å²) in [6.07, 6.45) is 2.47. The fourth-order valence-electron chi connectivity index (χ4n) is 3.88. The topological polar surface area (TPSA) is 110 Å². The number of nitrogens with one attached hydrogen (secondary N) is 2. The SMILES string of the molecule is CNC(=O)c1cc2c(s1)CCc1sccc1C2(C[C@@H](C)N)c1nn[nH]n1. The van der Waals surface area contributed by atoms with Crippen LogP contribution in [0.15, 0.2) is 17.5 Å². The van der Waals surface area contributed by atoms with Crippen LogP contribution in [-0.2, 0) is 18.3 Å². The summed E-state index contributed by atoms with van der Waals surface area (Å²) in [6, 6.07) is 4.06. The van der Waals surface area contributed by atoms with Gasteiger partial charge in [-0.05, 0) is 54.8 Å². The molecule has 0 saturated carbocycles. The third-order valence-corrected chi connectivity index (χ3v) is 7.03. The Morgan fingerprint density at radius 3 is 2.92 bits per heavy atom. The lowest BCUT2D eigenvalue weighted by Crippen LogP contribution is -2.37. The van der Waals surface area contributed by atoms with Gasteiger partial charge in [0.05, 0.1) is 10.3 Å². The minimum atomic E-state index is -0.592. The van der Waals surface area contributed by atoms with E-state index in [0.29, 0.717) is 17.1 Å². The number of thiophene rings is 2. The Hall–Kier alpha value is -2.10. The number of tetrazole rings is 1. The van der Waals surface area contributed by atoms with Crippen LogP contribution in [0.4, 0.5) is 0 Å². The molecule has 9 heteroatoms. The zero-order chi connectivity index (χ0) is 18.3. The number of nitrogens with zero attached hydrogens (tertiary/aromatic N) is 3. The first-order valence-electron chi connectivity index (χ1n) is 8.48. The van der Waals surface area contributed by atoms with Crippen LogP contribution in [0.2, 0.25) is 0 Å². The number of aryl methyl sites for hydroxylation is 2. The molecule has 26 heavy (non-hydrogen) atoms. The summed E-state index contributed by atoms with van der Waals surface area (Å²) in [5, 5.41) is 20.0. The number of carbonyl (C=O) groups excluding carboxylic acids is 1. The Balaban J connectivity index is 2.03. The lowest BCUT2D eigenvalue weighted by atomic mass is 9.70. The number of carbonyl (C=O) groups is 1. The van der Waals surface area contributed by atoms with Crippen LogP contribution >= 0.6 is 22.7 Å². The first kappa shape index (κ1) is 17.3. The second kappa shape index (κ2) is 6.57. The summed E-state index contributed by atoms with van der Waals surface area (Å²) in [7, 11) is 1.65. The molecule has 2 atom stereocenters. The number of H-pyrrole nitrogens is 1. The molecule has 3 aromatic heterocycles.